The highest BCUT2D eigenvalue weighted by Crippen LogP contribution is 2.40. The largest absolute Gasteiger partial charge is 0.494 e. The Balaban J connectivity index is 2.04. The molecule has 0 aliphatic heterocycles. The molecule has 0 aliphatic rings. The second-order valence-electron chi connectivity index (χ2n) is 5.99. The van der Waals surface area contributed by atoms with Crippen molar-refractivity contribution in [3.63, 3.8) is 0 Å². The molecule has 2 aromatic heterocycles. The van der Waals surface area contributed by atoms with Crippen LogP contribution >= 0.6 is 34.7 Å². The van der Waals surface area contributed by atoms with Crippen LogP contribution in [-0.2, 0) is 4.57 Å². The number of anilines is 2. The van der Waals surface area contributed by atoms with Crippen molar-refractivity contribution in [1.29, 1.82) is 0 Å². The van der Waals surface area contributed by atoms with E-state index in [1.807, 2.05) is 18.2 Å². The van der Waals surface area contributed by atoms with Crippen LogP contribution in [0.1, 0.15) is 0 Å². The summed E-state index contributed by atoms with van der Waals surface area (Å²) in [4.78, 5) is 16.6. The molecule has 0 atom stereocenters. The predicted molar refractivity (Wildman–Crippen MR) is 111 cm³/mol. The number of hydrogen-bond donors (Lipinski definition) is 1. The maximum atomic E-state index is 12.9. The van der Waals surface area contributed by atoms with Crippen LogP contribution in [-0.4, -0.2) is 40.4 Å². The van der Waals surface area contributed by atoms with Crippen LogP contribution in [0.15, 0.2) is 41.3 Å². The zero-order valence-corrected chi connectivity index (χ0v) is 18.0. The van der Waals surface area contributed by atoms with E-state index in [4.69, 9.17) is 16.3 Å². The molecule has 0 amide bonds. The molecular formula is C17H16BrClN5O2P. The molecule has 7 nitrogen and oxygen atoms in total. The Hall–Kier alpha value is -2.02. The Morgan fingerprint density at radius 3 is 2.48 bits per heavy atom. The summed E-state index contributed by atoms with van der Waals surface area (Å²) >= 11 is 9.26. The molecular weight excluding hydrogens is 453 g/mol. The first-order chi connectivity index (χ1) is 12.8. The summed E-state index contributed by atoms with van der Waals surface area (Å²) in [6.07, 6.45) is 4.73. The summed E-state index contributed by atoms with van der Waals surface area (Å²) < 4.78 is 18.6. The summed E-state index contributed by atoms with van der Waals surface area (Å²) in [6, 6.07) is 5.49. The molecule has 0 saturated heterocycles. The van der Waals surface area contributed by atoms with Gasteiger partial charge in [-0.2, -0.15) is 4.98 Å². The van der Waals surface area contributed by atoms with Gasteiger partial charge < -0.3 is 14.6 Å². The fourth-order valence-corrected chi connectivity index (χ4v) is 3.94. The summed E-state index contributed by atoms with van der Waals surface area (Å²) in [6.45, 7) is 3.41. The third-order valence-electron chi connectivity index (χ3n) is 3.67. The minimum absolute atomic E-state index is 0.113. The van der Waals surface area contributed by atoms with E-state index in [1.165, 1.54) is 0 Å². The SMILES string of the molecule is COc1cnc(-c2ccc(Nc3nc(Cl)ncc3Br)c(P(C)(C)=O)c2)nc1. The number of methoxy groups -OCH3 is 1. The molecule has 0 unspecified atom stereocenters. The Labute approximate surface area is 170 Å². The van der Waals surface area contributed by atoms with Crippen molar-refractivity contribution in [3.8, 4) is 17.1 Å². The summed E-state index contributed by atoms with van der Waals surface area (Å²) in [5, 5.41) is 3.94. The van der Waals surface area contributed by atoms with Gasteiger partial charge in [-0.3, -0.25) is 0 Å². The third kappa shape index (κ3) is 4.64. The number of halogens is 2. The van der Waals surface area contributed by atoms with Gasteiger partial charge in [0.1, 0.15) is 13.0 Å². The van der Waals surface area contributed by atoms with Crippen LogP contribution in [0.4, 0.5) is 11.5 Å². The van der Waals surface area contributed by atoms with Crippen molar-refractivity contribution in [2.24, 2.45) is 0 Å². The lowest BCUT2D eigenvalue weighted by molar-refractivity contribution is 0.411. The average molecular weight is 469 g/mol. The Morgan fingerprint density at radius 1 is 1.15 bits per heavy atom. The molecule has 0 saturated carbocycles. The maximum Gasteiger partial charge on any atom is 0.224 e. The van der Waals surface area contributed by atoms with Gasteiger partial charge in [0.15, 0.2) is 11.6 Å². The molecule has 0 fully saturated rings. The molecule has 3 rings (SSSR count). The first-order valence-corrected chi connectivity index (χ1v) is 11.6. The number of nitrogens with zero attached hydrogens (tertiary/aromatic N) is 4. The zero-order valence-electron chi connectivity index (χ0n) is 14.8. The Kier molecular flexibility index (Phi) is 5.79. The van der Waals surface area contributed by atoms with Gasteiger partial charge in [-0.15, -0.1) is 0 Å². The molecule has 0 bridgehead atoms. The summed E-state index contributed by atoms with van der Waals surface area (Å²) in [5.41, 5.74) is 1.41. The molecule has 140 valence electrons. The van der Waals surface area contributed by atoms with Crippen molar-refractivity contribution in [2.75, 3.05) is 25.8 Å². The molecule has 1 N–H and O–H groups in total. The van der Waals surface area contributed by atoms with Crippen LogP contribution in [0, 0.1) is 0 Å². The molecule has 2 heterocycles. The van der Waals surface area contributed by atoms with E-state index in [-0.39, 0.29) is 5.28 Å². The predicted octanol–water partition coefficient (Wildman–Crippen LogP) is 4.35. The van der Waals surface area contributed by atoms with E-state index in [9.17, 15) is 4.57 Å². The fraction of sp³-hybridized carbons (Fsp3) is 0.176. The molecule has 3 aromatic rings. The molecule has 10 heteroatoms. The molecule has 1 aromatic carbocycles. The zero-order chi connectivity index (χ0) is 19.6. The highest BCUT2D eigenvalue weighted by Gasteiger charge is 2.19. The first-order valence-electron chi connectivity index (χ1n) is 7.79. The van der Waals surface area contributed by atoms with Crippen molar-refractivity contribution in [1.82, 2.24) is 19.9 Å². The van der Waals surface area contributed by atoms with E-state index in [2.05, 4.69) is 41.2 Å². The van der Waals surface area contributed by atoms with Gasteiger partial charge in [-0.05, 0) is 59.1 Å². The van der Waals surface area contributed by atoms with E-state index in [0.717, 1.165) is 5.56 Å². The molecule has 0 spiro atoms. The number of benzene rings is 1. The van der Waals surface area contributed by atoms with Crippen molar-refractivity contribution >= 4 is 51.5 Å². The Bertz CT molecular complexity index is 1030. The van der Waals surface area contributed by atoms with E-state index in [0.29, 0.717) is 32.9 Å². The molecule has 0 aliphatic carbocycles. The quantitative estimate of drug-likeness (QED) is 0.440. The number of hydrogen-bond acceptors (Lipinski definition) is 7. The van der Waals surface area contributed by atoms with Crippen molar-refractivity contribution < 1.29 is 9.30 Å². The van der Waals surface area contributed by atoms with E-state index >= 15 is 0 Å². The first kappa shape index (κ1) is 19.7. The van der Waals surface area contributed by atoms with Gasteiger partial charge in [-0.25, -0.2) is 15.0 Å². The van der Waals surface area contributed by atoms with Gasteiger partial charge in [0.25, 0.3) is 0 Å². The lowest BCUT2D eigenvalue weighted by Crippen LogP contribution is -2.11. The van der Waals surface area contributed by atoms with Crippen molar-refractivity contribution in [2.45, 2.75) is 0 Å². The molecule has 0 radical (unpaired) electrons. The lowest BCUT2D eigenvalue weighted by Gasteiger charge is -2.17. The summed E-state index contributed by atoms with van der Waals surface area (Å²) in [5.74, 6) is 1.57. The van der Waals surface area contributed by atoms with Crippen LogP contribution in [0.3, 0.4) is 0 Å². The monoisotopic (exact) mass is 467 g/mol. The lowest BCUT2D eigenvalue weighted by atomic mass is 10.2. The summed E-state index contributed by atoms with van der Waals surface area (Å²) in [7, 11) is -1.06. The highest BCUT2D eigenvalue weighted by atomic mass is 79.9. The number of aromatic nitrogens is 4. The smallest absolute Gasteiger partial charge is 0.224 e. The van der Waals surface area contributed by atoms with Gasteiger partial charge >= 0.3 is 0 Å². The minimum atomic E-state index is -2.62. The Morgan fingerprint density at radius 2 is 1.85 bits per heavy atom. The second-order valence-corrected chi connectivity index (χ2v) is 10.4. The highest BCUT2D eigenvalue weighted by molar-refractivity contribution is 9.10. The standard InChI is InChI=1S/C17H16BrClN5O2P/c1-26-11-7-20-15(21-8-11)10-4-5-13(14(6-10)27(2,3)25)23-16-12(18)9-22-17(19)24-16/h4-9H,1-3H3,(H,22,23,24). The van der Waals surface area contributed by atoms with E-state index in [1.54, 1.807) is 39.0 Å². The second kappa shape index (κ2) is 7.92. The number of ether oxygens (including phenoxy) is 1. The average Bonchev–Trinajstić information content (AvgIpc) is 2.64. The van der Waals surface area contributed by atoms with Crippen LogP contribution in [0.5, 0.6) is 5.75 Å². The topological polar surface area (TPSA) is 89.9 Å². The van der Waals surface area contributed by atoms with Gasteiger partial charge in [0.05, 0.1) is 29.7 Å². The normalized spacial score (nSPS) is 11.3. The number of nitrogens with one attached hydrogen (secondary N) is 1. The van der Waals surface area contributed by atoms with Crippen molar-refractivity contribution in [3.05, 3.63) is 46.5 Å². The molecule has 27 heavy (non-hydrogen) atoms. The van der Waals surface area contributed by atoms with Gasteiger partial charge in [-0.1, -0.05) is 0 Å². The minimum Gasteiger partial charge on any atom is -0.494 e. The fourth-order valence-electron chi connectivity index (χ4n) is 2.35. The van der Waals surface area contributed by atoms with Crippen LogP contribution < -0.4 is 15.4 Å². The number of rotatable bonds is 5. The maximum absolute atomic E-state index is 12.9. The van der Waals surface area contributed by atoms with E-state index < -0.39 is 7.14 Å². The third-order valence-corrected chi connectivity index (χ3v) is 5.96. The van der Waals surface area contributed by atoms with Gasteiger partial charge in [0, 0.05) is 17.1 Å². The van der Waals surface area contributed by atoms with Gasteiger partial charge in [0.2, 0.25) is 5.28 Å². The van der Waals surface area contributed by atoms with Crippen LogP contribution in [0.25, 0.3) is 11.4 Å². The van der Waals surface area contributed by atoms with Crippen LogP contribution in [0.2, 0.25) is 5.28 Å².